The SMILES string of the molecule is CC(=O)N[C@@H](Cc1ccccc1)C(=O)NCC(=O)NCC(N)=O. The first-order chi connectivity index (χ1) is 10.9. The first-order valence-corrected chi connectivity index (χ1v) is 7.02. The molecular weight excluding hydrogens is 300 g/mol. The van der Waals surface area contributed by atoms with Crippen molar-refractivity contribution in [2.75, 3.05) is 13.1 Å². The molecule has 1 aromatic carbocycles. The Bertz CT molecular complexity index is 574. The molecule has 1 aromatic rings. The fourth-order valence-corrected chi connectivity index (χ4v) is 1.84. The molecule has 1 atom stereocenters. The van der Waals surface area contributed by atoms with Crippen LogP contribution in [0.5, 0.6) is 0 Å². The third kappa shape index (κ3) is 7.60. The number of carbonyl (C=O) groups excluding carboxylic acids is 4. The number of hydrogen-bond donors (Lipinski definition) is 4. The summed E-state index contributed by atoms with van der Waals surface area (Å²) in [5, 5.41) is 7.21. The van der Waals surface area contributed by atoms with Gasteiger partial charge in [0.2, 0.25) is 23.6 Å². The average Bonchev–Trinajstić information content (AvgIpc) is 2.50. The summed E-state index contributed by atoms with van der Waals surface area (Å²) in [6, 6.07) is 8.38. The number of nitrogens with one attached hydrogen (secondary N) is 3. The lowest BCUT2D eigenvalue weighted by atomic mass is 10.1. The molecule has 0 aliphatic rings. The zero-order chi connectivity index (χ0) is 17.2. The standard InChI is InChI=1S/C15H20N4O4/c1-10(20)19-12(7-11-5-3-2-4-6-11)15(23)18-9-14(22)17-8-13(16)21/h2-6,12H,7-9H2,1H3,(H2,16,21)(H,17,22)(H,18,23)(H,19,20)/t12-/m0/s1. The summed E-state index contributed by atoms with van der Waals surface area (Å²) in [5.41, 5.74) is 5.77. The average molecular weight is 320 g/mol. The predicted octanol–water partition coefficient (Wildman–Crippen LogP) is -1.55. The van der Waals surface area contributed by atoms with Crippen molar-refractivity contribution in [3.05, 3.63) is 35.9 Å². The van der Waals surface area contributed by atoms with Gasteiger partial charge in [-0.15, -0.1) is 0 Å². The van der Waals surface area contributed by atoms with Crippen LogP contribution in [0.1, 0.15) is 12.5 Å². The van der Waals surface area contributed by atoms with Gasteiger partial charge in [-0.3, -0.25) is 19.2 Å². The van der Waals surface area contributed by atoms with Crippen LogP contribution in [0.2, 0.25) is 0 Å². The van der Waals surface area contributed by atoms with Crippen LogP contribution in [0.4, 0.5) is 0 Å². The quantitative estimate of drug-likeness (QED) is 0.462. The summed E-state index contributed by atoms with van der Waals surface area (Å²) >= 11 is 0. The van der Waals surface area contributed by atoms with Gasteiger partial charge < -0.3 is 21.7 Å². The predicted molar refractivity (Wildman–Crippen MR) is 83.0 cm³/mol. The van der Waals surface area contributed by atoms with Crippen molar-refractivity contribution < 1.29 is 19.2 Å². The van der Waals surface area contributed by atoms with Crippen LogP contribution in [0.15, 0.2) is 30.3 Å². The van der Waals surface area contributed by atoms with Crippen molar-refractivity contribution in [3.8, 4) is 0 Å². The third-order valence-corrected chi connectivity index (χ3v) is 2.86. The first-order valence-electron chi connectivity index (χ1n) is 7.02. The Morgan fingerprint density at radius 2 is 1.70 bits per heavy atom. The lowest BCUT2D eigenvalue weighted by Gasteiger charge is -2.17. The number of primary amides is 1. The molecule has 0 aliphatic heterocycles. The van der Waals surface area contributed by atoms with E-state index < -0.39 is 23.8 Å². The molecule has 124 valence electrons. The van der Waals surface area contributed by atoms with Crippen molar-refractivity contribution in [1.29, 1.82) is 0 Å². The van der Waals surface area contributed by atoms with Gasteiger partial charge in [0.25, 0.3) is 0 Å². The maximum atomic E-state index is 12.1. The van der Waals surface area contributed by atoms with Gasteiger partial charge >= 0.3 is 0 Å². The maximum absolute atomic E-state index is 12.1. The molecule has 5 N–H and O–H groups in total. The topological polar surface area (TPSA) is 130 Å². The van der Waals surface area contributed by atoms with Gasteiger partial charge in [-0.2, -0.15) is 0 Å². The Labute approximate surface area is 133 Å². The summed E-state index contributed by atoms with van der Waals surface area (Å²) in [6.45, 7) is 0.704. The third-order valence-electron chi connectivity index (χ3n) is 2.86. The van der Waals surface area contributed by atoms with Crippen molar-refractivity contribution in [2.45, 2.75) is 19.4 Å². The van der Waals surface area contributed by atoms with E-state index in [9.17, 15) is 19.2 Å². The number of nitrogens with two attached hydrogens (primary N) is 1. The zero-order valence-electron chi connectivity index (χ0n) is 12.8. The number of benzene rings is 1. The Morgan fingerprint density at radius 3 is 2.26 bits per heavy atom. The van der Waals surface area contributed by atoms with Crippen molar-refractivity contribution >= 4 is 23.6 Å². The van der Waals surface area contributed by atoms with Crippen LogP contribution in [0, 0.1) is 0 Å². The first kappa shape index (κ1) is 18.1. The van der Waals surface area contributed by atoms with Gasteiger partial charge in [0.05, 0.1) is 13.1 Å². The molecule has 8 nitrogen and oxygen atoms in total. The highest BCUT2D eigenvalue weighted by atomic mass is 16.2. The highest BCUT2D eigenvalue weighted by molar-refractivity contribution is 5.91. The number of amides is 4. The van der Waals surface area contributed by atoms with Gasteiger partial charge in [-0.25, -0.2) is 0 Å². The Morgan fingerprint density at radius 1 is 1.04 bits per heavy atom. The second-order valence-corrected chi connectivity index (χ2v) is 4.90. The van der Waals surface area contributed by atoms with Crippen LogP contribution in [-0.4, -0.2) is 42.8 Å². The van der Waals surface area contributed by atoms with Crippen LogP contribution in [0.25, 0.3) is 0 Å². The van der Waals surface area contributed by atoms with E-state index in [1.807, 2.05) is 30.3 Å². The van der Waals surface area contributed by atoms with E-state index in [1.54, 1.807) is 0 Å². The molecular formula is C15H20N4O4. The summed E-state index contributed by atoms with van der Waals surface area (Å²) in [7, 11) is 0. The van der Waals surface area contributed by atoms with Gasteiger partial charge in [0, 0.05) is 13.3 Å². The van der Waals surface area contributed by atoms with E-state index in [1.165, 1.54) is 6.92 Å². The van der Waals surface area contributed by atoms with Crippen molar-refractivity contribution in [1.82, 2.24) is 16.0 Å². The summed E-state index contributed by atoms with van der Waals surface area (Å²) in [5.74, 6) is -2.05. The summed E-state index contributed by atoms with van der Waals surface area (Å²) < 4.78 is 0. The lowest BCUT2D eigenvalue weighted by Crippen LogP contribution is -2.50. The fourth-order valence-electron chi connectivity index (χ4n) is 1.84. The Hall–Kier alpha value is -2.90. The molecule has 4 amide bonds. The number of carbonyl (C=O) groups is 4. The van der Waals surface area contributed by atoms with Gasteiger partial charge in [-0.1, -0.05) is 30.3 Å². The fraction of sp³-hybridized carbons (Fsp3) is 0.333. The molecule has 0 fully saturated rings. The Kier molecular flexibility index (Phi) is 7.25. The highest BCUT2D eigenvalue weighted by Crippen LogP contribution is 2.03. The van der Waals surface area contributed by atoms with Crippen LogP contribution in [0.3, 0.4) is 0 Å². The molecule has 0 aliphatic carbocycles. The number of hydrogen-bond acceptors (Lipinski definition) is 4. The monoisotopic (exact) mass is 320 g/mol. The smallest absolute Gasteiger partial charge is 0.243 e. The zero-order valence-corrected chi connectivity index (χ0v) is 12.8. The van der Waals surface area contributed by atoms with E-state index in [0.717, 1.165) is 5.56 Å². The largest absolute Gasteiger partial charge is 0.368 e. The molecule has 0 heterocycles. The molecule has 23 heavy (non-hydrogen) atoms. The molecule has 0 saturated heterocycles. The minimum absolute atomic E-state index is 0.298. The van der Waals surface area contributed by atoms with Gasteiger partial charge in [-0.05, 0) is 5.56 Å². The molecule has 0 saturated carbocycles. The van der Waals surface area contributed by atoms with E-state index in [4.69, 9.17) is 5.73 Å². The molecule has 0 spiro atoms. The normalized spacial score (nSPS) is 11.2. The second kappa shape index (κ2) is 9.19. The highest BCUT2D eigenvalue weighted by Gasteiger charge is 2.20. The van der Waals surface area contributed by atoms with Gasteiger partial charge in [0.1, 0.15) is 6.04 Å². The summed E-state index contributed by atoms with van der Waals surface area (Å²) in [4.78, 5) is 45.4. The minimum atomic E-state index is -0.793. The molecule has 0 bridgehead atoms. The number of rotatable bonds is 8. The maximum Gasteiger partial charge on any atom is 0.243 e. The van der Waals surface area contributed by atoms with Crippen molar-refractivity contribution in [2.24, 2.45) is 5.73 Å². The van der Waals surface area contributed by atoms with Crippen LogP contribution < -0.4 is 21.7 Å². The molecule has 0 radical (unpaired) electrons. The summed E-state index contributed by atoms with van der Waals surface area (Å²) in [6.07, 6.45) is 0.301. The molecule has 8 heteroatoms. The minimum Gasteiger partial charge on any atom is -0.368 e. The van der Waals surface area contributed by atoms with Crippen LogP contribution in [-0.2, 0) is 25.6 Å². The Balaban J connectivity index is 2.56. The lowest BCUT2D eigenvalue weighted by molar-refractivity contribution is -0.130. The molecule has 0 aromatic heterocycles. The molecule has 0 unspecified atom stereocenters. The van der Waals surface area contributed by atoms with E-state index in [0.29, 0.717) is 6.42 Å². The second-order valence-electron chi connectivity index (χ2n) is 4.90. The van der Waals surface area contributed by atoms with Gasteiger partial charge in [0.15, 0.2) is 0 Å². The molecule has 1 rings (SSSR count). The van der Waals surface area contributed by atoms with E-state index in [-0.39, 0.29) is 19.0 Å². The van der Waals surface area contributed by atoms with E-state index in [2.05, 4.69) is 16.0 Å². The van der Waals surface area contributed by atoms with E-state index >= 15 is 0 Å². The van der Waals surface area contributed by atoms with Crippen molar-refractivity contribution in [3.63, 3.8) is 0 Å². The van der Waals surface area contributed by atoms with Crippen LogP contribution >= 0.6 is 0 Å².